The molecule has 16 heavy (non-hydrogen) atoms. The molecule has 0 aliphatic rings. The fourth-order valence-electron chi connectivity index (χ4n) is 0.997. The lowest BCUT2D eigenvalue weighted by molar-refractivity contribution is 0.0509. The number of rotatable bonds is 5. The molecule has 0 spiro atoms. The second-order valence-electron chi connectivity index (χ2n) is 5.05. The van der Waals surface area contributed by atoms with Crippen molar-refractivity contribution in [2.75, 3.05) is 0 Å². The van der Waals surface area contributed by atoms with E-state index in [2.05, 4.69) is 36.3 Å². The van der Waals surface area contributed by atoms with Gasteiger partial charge < -0.3 is 14.5 Å². The lowest BCUT2D eigenvalue weighted by Crippen LogP contribution is -2.35. The minimum atomic E-state index is 0.0447. The number of hydrogen-bond donors (Lipinski definition) is 1. The third-order valence-electron chi connectivity index (χ3n) is 1.82. The van der Waals surface area contributed by atoms with E-state index in [1.54, 1.807) is 0 Å². The Bertz CT molecular complexity index is 315. The molecule has 1 heterocycles. The van der Waals surface area contributed by atoms with Gasteiger partial charge >= 0.3 is 0 Å². The summed E-state index contributed by atoms with van der Waals surface area (Å²) in [5.74, 6) is 1.12. The molecule has 0 saturated heterocycles. The molecule has 5 nitrogen and oxygen atoms in total. The van der Waals surface area contributed by atoms with Crippen molar-refractivity contribution in [2.24, 2.45) is 0 Å². The standard InChI is InChI=1S/C11H21N3O2/c1-8(2)15-7-10-14-13-9(16-10)6-12-11(3,4)5/h8,12H,6-7H2,1-5H3. The van der Waals surface area contributed by atoms with Crippen LogP contribution in [-0.2, 0) is 17.9 Å². The maximum atomic E-state index is 5.42. The van der Waals surface area contributed by atoms with Crippen LogP contribution in [0.3, 0.4) is 0 Å². The molecule has 1 aromatic heterocycles. The van der Waals surface area contributed by atoms with Gasteiger partial charge in [0, 0.05) is 5.54 Å². The third kappa shape index (κ3) is 5.23. The Balaban J connectivity index is 2.39. The fraction of sp³-hybridized carbons (Fsp3) is 0.818. The maximum Gasteiger partial charge on any atom is 0.242 e. The molecular weight excluding hydrogens is 206 g/mol. The summed E-state index contributed by atoms with van der Waals surface area (Å²) in [5.41, 5.74) is 0.0447. The molecule has 0 aromatic carbocycles. The molecule has 0 amide bonds. The number of aromatic nitrogens is 2. The number of ether oxygens (including phenoxy) is 1. The second kappa shape index (κ2) is 5.41. The lowest BCUT2D eigenvalue weighted by atomic mass is 10.1. The quantitative estimate of drug-likeness (QED) is 0.832. The van der Waals surface area contributed by atoms with Crippen LogP contribution in [0.4, 0.5) is 0 Å². The van der Waals surface area contributed by atoms with Gasteiger partial charge in [-0.15, -0.1) is 10.2 Å². The SMILES string of the molecule is CC(C)OCc1nnc(CNC(C)(C)C)o1. The van der Waals surface area contributed by atoms with Crippen LogP contribution in [0.15, 0.2) is 4.42 Å². The van der Waals surface area contributed by atoms with Gasteiger partial charge in [0.2, 0.25) is 11.8 Å². The average molecular weight is 227 g/mol. The zero-order valence-electron chi connectivity index (χ0n) is 10.7. The normalized spacial score (nSPS) is 12.4. The van der Waals surface area contributed by atoms with Crippen molar-refractivity contribution in [1.29, 1.82) is 0 Å². The number of nitrogens with one attached hydrogen (secondary N) is 1. The summed E-state index contributed by atoms with van der Waals surface area (Å²) in [7, 11) is 0. The molecule has 0 aliphatic heterocycles. The first-order valence-corrected chi connectivity index (χ1v) is 5.55. The molecule has 0 bridgehead atoms. The summed E-state index contributed by atoms with van der Waals surface area (Å²) >= 11 is 0. The van der Waals surface area contributed by atoms with E-state index in [4.69, 9.17) is 9.15 Å². The van der Waals surface area contributed by atoms with Crippen LogP contribution in [-0.4, -0.2) is 21.8 Å². The third-order valence-corrected chi connectivity index (χ3v) is 1.82. The van der Waals surface area contributed by atoms with E-state index < -0.39 is 0 Å². The highest BCUT2D eigenvalue weighted by Gasteiger charge is 2.12. The molecular formula is C11H21N3O2. The highest BCUT2D eigenvalue weighted by Crippen LogP contribution is 2.05. The first-order valence-electron chi connectivity index (χ1n) is 5.55. The van der Waals surface area contributed by atoms with E-state index in [-0.39, 0.29) is 11.6 Å². The summed E-state index contributed by atoms with van der Waals surface area (Å²) in [6.07, 6.45) is 0.169. The Labute approximate surface area is 96.6 Å². The fourth-order valence-corrected chi connectivity index (χ4v) is 0.997. The molecule has 0 unspecified atom stereocenters. The second-order valence-corrected chi connectivity index (χ2v) is 5.05. The maximum absolute atomic E-state index is 5.42. The first kappa shape index (κ1) is 13.1. The van der Waals surface area contributed by atoms with Crippen LogP contribution in [0.2, 0.25) is 0 Å². The Morgan fingerprint density at radius 3 is 2.44 bits per heavy atom. The van der Waals surface area contributed by atoms with Crippen molar-refractivity contribution < 1.29 is 9.15 Å². The first-order chi connectivity index (χ1) is 7.37. The molecule has 0 atom stereocenters. The Kier molecular flexibility index (Phi) is 4.44. The molecule has 1 N–H and O–H groups in total. The highest BCUT2D eigenvalue weighted by molar-refractivity contribution is 4.82. The van der Waals surface area contributed by atoms with E-state index in [0.29, 0.717) is 24.9 Å². The van der Waals surface area contributed by atoms with Gasteiger partial charge in [0.25, 0.3) is 0 Å². The van der Waals surface area contributed by atoms with E-state index >= 15 is 0 Å². The average Bonchev–Trinajstić information content (AvgIpc) is 2.58. The summed E-state index contributed by atoms with van der Waals surface area (Å²) in [6, 6.07) is 0. The van der Waals surface area contributed by atoms with Crippen molar-refractivity contribution >= 4 is 0 Å². The number of hydrogen-bond acceptors (Lipinski definition) is 5. The number of nitrogens with zero attached hydrogens (tertiary/aromatic N) is 2. The zero-order valence-corrected chi connectivity index (χ0v) is 10.7. The van der Waals surface area contributed by atoms with Gasteiger partial charge in [0.1, 0.15) is 6.61 Å². The van der Waals surface area contributed by atoms with Crippen molar-refractivity contribution in [3.8, 4) is 0 Å². The van der Waals surface area contributed by atoms with Crippen LogP contribution in [0.5, 0.6) is 0 Å². The van der Waals surface area contributed by atoms with Crippen molar-refractivity contribution in [2.45, 2.75) is 59.4 Å². The van der Waals surface area contributed by atoms with E-state index in [9.17, 15) is 0 Å². The van der Waals surface area contributed by atoms with Gasteiger partial charge in [0.15, 0.2) is 0 Å². The van der Waals surface area contributed by atoms with Crippen molar-refractivity contribution in [3.05, 3.63) is 11.8 Å². The zero-order chi connectivity index (χ0) is 12.2. The lowest BCUT2D eigenvalue weighted by Gasteiger charge is -2.18. The molecule has 0 fully saturated rings. The Morgan fingerprint density at radius 1 is 1.25 bits per heavy atom. The molecule has 1 aromatic rings. The molecule has 5 heteroatoms. The molecule has 0 aliphatic carbocycles. The van der Waals surface area contributed by atoms with Gasteiger partial charge in [-0.3, -0.25) is 0 Å². The van der Waals surface area contributed by atoms with Crippen LogP contribution in [0.25, 0.3) is 0 Å². The monoisotopic (exact) mass is 227 g/mol. The van der Waals surface area contributed by atoms with Crippen LogP contribution >= 0.6 is 0 Å². The Hall–Kier alpha value is -0.940. The highest BCUT2D eigenvalue weighted by atomic mass is 16.5. The van der Waals surface area contributed by atoms with Crippen LogP contribution < -0.4 is 5.32 Å². The van der Waals surface area contributed by atoms with E-state index in [1.807, 2.05) is 13.8 Å². The molecule has 1 rings (SSSR count). The molecule has 92 valence electrons. The van der Waals surface area contributed by atoms with Gasteiger partial charge in [-0.2, -0.15) is 0 Å². The summed E-state index contributed by atoms with van der Waals surface area (Å²) in [4.78, 5) is 0. The van der Waals surface area contributed by atoms with Crippen molar-refractivity contribution in [3.63, 3.8) is 0 Å². The smallest absolute Gasteiger partial charge is 0.242 e. The summed E-state index contributed by atoms with van der Waals surface area (Å²) in [6.45, 7) is 11.2. The van der Waals surface area contributed by atoms with Crippen LogP contribution in [0, 0.1) is 0 Å². The predicted octanol–water partition coefficient (Wildman–Crippen LogP) is 1.88. The molecule has 0 radical (unpaired) electrons. The van der Waals surface area contributed by atoms with Gasteiger partial charge in [-0.25, -0.2) is 0 Å². The minimum Gasteiger partial charge on any atom is -0.421 e. The molecule has 0 saturated carbocycles. The van der Waals surface area contributed by atoms with Crippen LogP contribution in [0.1, 0.15) is 46.4 Å². The summed E-state index contributed by atoms with van der Waals surface area (Å²) in [5, 5.41) is 11.1. The predicted molar refractivity (Wildman–Crippen MR) is 60.8 cm³/mol. The Morgan fingerprint density at radius 2 is 1.88 bits per heavy atom. The van der Waals surface area contributed by atoms with Gasteiger partial charge in [0.05, 0.1) is 12.6 Å². The minimum absolute atomic E-state index is 0.0447. The van der Waals surface area contributed by atoms with E-state index in [1.165, 1.54) is 0 Å². The largest absolute Gasteiger partial charge is 0.421 e. The van der Waals surface area contributed by atoms with Gasteiger partial charge in [-0.05, 0) is 34.6 Å². The van der Waals surface area contributed by atoms with E-state index in [0.717, 1.165) is 0 Å². The van der Waals surface area contributed by atoms with Gasteiger partial charge in [-0.1, -0.05) is 0 Å². The summed E-state index contributed by atoms with van der Waals surface area (Å²) < 4.78 is 10.8. The topological polar surface area (TPSA) is 60.2 Å². The van der Waals surface area contributed by atoms with Crippen molar-refractivity contribution in [1.82, 2.24) is 15.5 Å².